The van der Waals surface area contributed by atoms with Crippen molar-refractivity contribution in [3.8, 4) is 0 Å². The zero-order chi connectivity index (χ0) is 19.1. The molecular weight excluding hydrogens is 346 g/mol. The second-order valence-corrected chi connectivity index (χ2v) is 6.21. The van der Waals surface area contributed by atoms with E-state index in [9.17, 15) is 29.6 Å². The third-order valence-corrected chi connectivity index (χ3v) is 4.54. The SMILES string of the molecule is C[C@@]12C=C[C@@H](O1)[C@@H](C(=O)O)[C@H]2C(=O)NNC(=O)c1ccc([N+](=O)[O-])cc1. The first-order valence-electron chi connectivity index (χ1n) is 7.67. The summed E-state index contributed by atoms with van der Waals surface area (Å²) in [7, 11) is 0. The Labute approximate surface area is 146 Å². The van der Waals surface area contributed by atoms with Gasteiger partial charge in [0.1, 0.15) is 5.92 Å². The number of non-ortho nitro benzene ring substituents is 1. The molecule has 26 heavy (non-hydrogen) atoms. The number of rotatable bonds is 4. The van der Waals surface area contributed by atoms with Crippen LogP contribution in [0.3, 0.4) is 0 Å². The fraction of sp³-hybridized carbons (Fsp3) is 0.312. The molecule has 3 rings (SSSR count). The lowest BCUT2D eigenvalue weighted by molar-refractivity contribution is -0.384. The molecule has 0 aliphatic carbocycles. The summed E-state index contributed by atoms with van der Waals surface area (Å²) in [6, 6.07) is 4.80. The number of carboxylic acid groups (broad SMARTS) is 1. The molecule has 2 aliphatic rings. The third kappa shape index (κ3) is 2.90. The van der Waals surface area contributed by atoms with Crippen LogP contribution >= 0.6 is 0 Å². The summed E-state index contributed by atoms with van der Waals surface area (Å²) < 4.78 is 5.57. The molecule has 0 unspecified atom stereocenters. The van der Waals surface area contributed by atoms with Crippen LogP contribution in [0.15, 0.2) is 36.4 Å². The van der Waals surface area contributed by atoms with Gasteiger partial charge in [-0.25, -0.2) is 0 Å². The summed E-state index contributed by atoms with van der Waals surface area (Å²) in [6.45, 7) is 1.61. The number of nitro benzene ring substituents is 1. The number of aliphatic carboxylic acids is 1. The molecule has 1 saturated heterocycles. The number of carboxylic acids is 1. The molecule has 2 bridgehead atoms. The largest absolute Gasteiger partial charge is 0.481 e. The van der Waals surface area contributed by atoms with Crippen LogP contribution in [0.25, 0.3) is 0 Å². The van der Waals surface area contributed by atoms with Gasteiger partial charge in [-0.05, 0) is 19.1 Å². The first-order valence-corrected chi connectivity index (χ1v) is 7.67. The zero-order valence-corrected chi connectivity index (χ0v) is 13.5. The molecule has 1 fully saturated rings. The van der Waals surface area contributed by atoms with Gasteiger partial charge in [0.15, 0.2) is 0 Å². The molecule has 4 atom stereocenters. The number of hydrogen-bond donors (Lipinski definition) is 3. The molecule has 0 aromatic heterocycles. The van der Waals surface area contributed by atoms with Gasteiger partial charge in [0, 0.05) is 17.7 Å². The molecule has 2 heterocycles. The van der Waals surface area contributed by atoms with E-state index in [1.807, 2.05) is 0 Å². The van der Waals surface area contributed by atoms with Crippen molar-refractivity contribution < 1.29 is 29.2 Å². The summed E-state index contributed by atoms with van der Waals surface area (Å²) in [5, 5.41) is 20.0. The number of fused-ring (bicyclic) bond motifs is 2. The minimum Gasteiger partial charge on any atom is -0.481 e. The number of benzene rings is 1. The number of hydrazine groups is 1. The molecule has 3 N–H and O–H groups in total. The predicted molar refractivity (Wildman–Crippen MR) is 85.7 cm³/mol. The molecule has 2 amide bonds. The quantitative estimate of drug-likeness (QED) is 0.399. The van der Waals surface area contributed by atoms with E-state index in [-0.39, 0.29) is 11.3 Å². The molecule has 10 nitrogen and oxygen atoms in total. The second kappa shape index (κ2) is 6.23. The van der Waals surface area contributed by atoms with Crippen molar-refractivity contribution in [3.05, 3.63) is 52.1 Å². The molecule has 0 saturated carbocycles. The Morgan fingerprint density at radius 1 is 1.23 bits per heavy atom. The van der Waals surface area contributed by atoms with E-state index in [1.165, 1.54) is 12.1 Å². The van der Waals surface area contributed by atoms with E-state index in [0.717, 1.165) is 12.1 Å². The minimum absolute atomic E-state index is 0.0981. The second-order valence-electron chi connectivity index (χ2n) is 6.21. The van der Waals surface area contributed by atoms with Crippen LogP contribution < -0.4 is 10.9 Å². The number of carbonyl (C=O) groups excluding carboxylic acids is 2. The highest BCUT2D eigenvalue weighted by molar-refractivity contribution is 5.96. The molecular formula is C16H15N3O7. The average molecular weight is 361 g/mol. The van der Waals surface area contributed by atoms with Crippen LogP contribution in [-0.4, -0.2) is 39.5 Å². The Hall–Kier alpha value is -3.27. The predicted octanol–water partition coefficient (Wildman–Crippen LogP) is 0.400. The maximum atomic E-state index is 12.4. The number of ether oxygens (including phenoxy) is 1. The van der Waals surface area contributed by atoms with E-state index in [2.05, 4.69) is 10.9 Å². The molecule has 2 aliphatic heterocycles. The molecule has 10 heteroatoms. The fourth-order valence-corrected chi connectivity index (χ4v) is 3.28. The third-order valence-electron chi connectivity index (χ3n) is 4.54. The Balaban J connectivity index is 1.66. The van der Waals surface area contributed by atoms with Gasteiger partial charge in [0.2, 0.25) is 5.91 Å². The van der Waals surface area contributed by atoms with Crippen LogP contribution in [0.1, 0.15) is 17.3 Å². The maximum Gasteiger partial charge on any atom is 0.310 e. The van der Waals surface area contributed by atoms with Crippen molar-refractivity contribution in [2.75, 3.05) is 0 Å². The van der Waals surface area contributed by atoms with Crippen LogP contribution in [0.2, 0.25) is 0 Å². The van der Waals surface area contributed by atoms with Crippen molar-refractivity contribution in [1.29, 1.82) is 0 Å². The molecule has 1 aromatic rings. The van der Waals surface area contributed by atoms with Crippen LogP contribution in [0.5, 0.6) is 0 Å². The van der Waals surface area contributed by atoms with Gasteiger partial charge < -0.3 is 9.84 Å². The zero-order valence-electron chi connectivity index (χ0n) is 13.5. The van der Waals surface area contributed by atoms with Crippen molar-refractivity contribution >= 4 is 23.5 Å². The van der Waals surface area contributed by atoms with E-state index in [4.69, 9.17) is 4.74 Å². The van der Waals surface area contributed by atoms with E-state index < -0.39 is 46.2 Å². The Morgan fingerprint density at radius 2 is 1.88 bits per heavy atom. The first kappa shape index (κ1) is 17.5. The first-order chi connectivity index (χ1) is 12.2. The Bertz CT molecular complexity index is 820. The van der Waals surface area contributed by atoms with Crippen molar-refractivity contribution in [2.45, 2.75) is 18.6 Å². The highest BCUT2D eigenvalue weighted by atomic mass is 16.6. The van der Waals surface area contributed by atoms with Gasteiger partial charge in [-0.3, -0.25) is 35.3 Å². The van der Waals surface area contributed by atoms with Crippen LogP contribution in [0, 0.1) is 22.0 Å². The number of nitrogens with zero attached hydrogens (tertiary/aromatic N) is 1. The van der Waals surface area contributed by atoms with E-state index >= 15 is 0 Å². The minimum atomic E-state index is -1.16. The number of hydrogen-bond acceptors (Lipinski definition) is 6. The maximum absolute atomic E-state index is 12.4. The summed E-state index contributed by atoms with van der Waals surface area (Å²) in [5.41, 5.74) is 3.25. The van der Waals surface area contributed by atoms with E-state index in [1.54, 1.807) is 19.1 Å². The van der Waals surface area contributed by atoms with Gasteiger partial charge in [-0.15, -0.1) is 0 Å². The lowest BCUT2D eigenvalue weighted by Gasteiger charge is -2.27. The van der Waals surface area contributed by atoms with Crippen molar-refractivity contribution in [3.63, 3.8) is 0 Å². The van der Waals surface area contributed by atoms with Gasteiger partial charge >= 0.3 is 5.97 Å². The number of amides is 2. The molecule has 136 valence electrons. The average Bonchev–Trinajstić information content (AvgIpc) is 3.12. The van der Waals surface area contributed by atoms with Crippen molar-refractivity contribution in [2.24, 2.45) is 11.8 Å². The number of carbonyl (C=O) groups is 3. The highest BCUT2D eigenvalue weighted by Gasteiger charge is 2.59. The number of nitro groups is 1. The summed E-state index contributed by atoms with van der Waals surface area (Å²) in [4.78, 5) is 46.0. The Morgan fingerprint density at radius 3 is 2.46 bits per heavy atom. The smallest absolute Gasteiger partial charge is 0.310 e. The van der Waals surface area contributed by atoms with Crippen molar-refractivity contribution in [1.82, 2.24) is 10.9 Å². The topological polar surface area (TPSA) is 148 Å². The molecule has 0 radical (unpaired) electrons. The lowest BCUT2D eigenvalue weighted by atomic mass is 9.76. The van der Waals surface area contributed by atoms with Gasteiger partial charge in [0.25, 0.3) is 11.6 Å². The normalized spacial score (nSPS) is 28.6. The van der Waals surface area contributed by atoms with Gasteiger partial charge in [0.05, 0.1) is 22.5 Å². The summed E-state index contributed by atoms with van der Waals surface area (Å²) in [6.07, 6.45) is 2.55. The highest BCUT2D eigenvalue weighted by Crippen LogP contribution is 2.46. The number of nitrogens with one attached hydrogen (secondary N) is 2. The van der Waals surface area contributed by atoms with E-state index in [0.29, 0.717) is 0 Å². The molecule has 0 spiro atoms. The fourth-order valence-electron chi connectivity index (χ4n) is 3.28. The summed E-state index contributed by atoms with van der Waals surface area (Å²) in [5.74, 6) is -4.61. The van der Waals surface area contributed by atoms with Gasteiger partial charge in [-0.1, -0.05) is 12.2 Å². The van der Waals surface area contributed by atoms with Crippen LogP contribution in [-0.2, 0) is 14.3 Å². The standard InChI is InChI=1S/C16H15N3O7/c1-16-7-6-10(26-16)11(15(22)23)12(16)14(21)18-17-13(20)8-2-4-9(5-3-8)19(24)25/h2-7,10-12H,1H3,(H,17,20)(H,18,21)(H,22,23)/t10-,11-,12+,16+/m1/s1. The van der Waals surface area contributed by atoms with Gasteiger partial charge in [-0.2, -0.15) is 0 Å². The lowest BCUT2D eigenvalue weighted by Crippen LogP contribution is -2.52. The van der Waals surface area contributed by atoms with Crippen LogP contribution in [0.4, 0.5) is 5.69 Å². The molecule has 1 aromatic carbocycles. The summed E-state index contributed by atoms with van der Waals surface area (Å²) >= 11 is 0. The Kier molecular flexibility index (Phi) is 4.20. The monoisotopic (exact) mass is 361 g/mol.